The molecule has 0 radical (unpaired) electrons. The molecule has 1 aromatic carbocycles. The third-order valence-electron chi connectivity index (χ3n) is 4.75. The summed E-state index contributed by atoms with van der Waals surface area (Å²) in [5.41, 5.74) is -0.410. The summed E-state index contributed by atoms with van der Waals surface area (Å²) >= 11 is 0. The van der Waals surface area contributed by atoms with Gasteiger partial charge in [0.05, 0.1) is 31.5 Å². The van der Waals surface area contributed by atoms with Crippen LogP contribution in [0, 0.1) is 0 Å². The molecule has 1 amide bonds. The maximum atomic E-state index is 12.8. The molecule has 9 heteroatoms. The second-order valence-electron chi connectivity index (χ2n) is 6.93. The van der Waals surface area contributed by atoms with Crippen molar-refractivity contribution in [2.24, 2.45) is 0 Å². The van der Waals surface area contributed by atoms with Gasteiger partial charge in [0.15, 0.2) is 0 Å². The molecule has 1 N–H and O–H groups in total. The molecule has 0 atom stereocenters. The topological polar surface area (TPSA) is 73.3 Å². The third kappa shape index (κ3) is 6.07. The summed E-state index contributed by atoms with van der Waals surface area (Å²) in [4.78, 5) is 20.4. The Kier molecular flexibility index (Phi) is 6.56. The lowest BCUT2D eigenvalue weighted by atomic mass is 9.92. The summed E-state index contributed by atoms with van der Waals surface area (Å²) in [5, 5.41) is 2.90. The summed E-state index contributed by atoms with van der Waals surface area (Å²) in [6.45, 7) is 0. The number of aromatic nitrogens is 2. The molecular formula is C20H22F3N3O3. The first-order valence-corrected chi connectivity index (χ1v) is 9.31. The van der Waals surface area contributed by atoms with E-state index in [1.165, 1.54) is 31.6 Å². The average Bonchev–Trinajstić information content (AvgIpc) is 2.69. The zero-order valence-corrected chi connectivity index (χ0v) is 15.9. The van der Waals surface area contributed by atoms with Crippen molar-refractivity contribution in [3.63, 3.8) is 0 Å². The van der Waals surface area contributed by atoms with Crippen LogP contribution in [0.4, 0.5) is 13.2 Å². The van der Waals surface area contributed by atoms with Gasteiger partial charge in [-0.1, -0.05) is 18.2 Å². The molecule has 6 nitrogen and oxygen atoms in total. The van der Waals surface area contributed by atoms with E-state index in [1.807, 2.05) is 0 Å². The Balaban J connectivity index is 1.46. The highest BCUT2D eigenvalue weighted by Gasteiger charge is 2.30. The minimum absolute atomic E-state index is 0.0236. The Hall–Kier alpha value is -2.84. The lowest BCUT2D eigenvalue weighted by molar-refractivity contribution is -0.137. The summed E-state index contributed by atoms with van der Waals surface area (Å²) in [7, 11) is 1.50. The van der Waals surface area contributed by atoms with Gasteiger partial charge in [0.2, 0.25) is 17.7 Å². The number of ether oxygens (including phenoxy) is 2. The number of carbonyl (C=O) groups is 1. The van der Waals surface area contributed by atoms with Crippen LogP contribution in [0.3, 0.4) is 0 Å². The number of alkyl halides is 3. The molecular weight excluding hydrogens is 387 g/mol. The Labute approximate surface area is 166 Å². The van der Waals surface area contributed by atoms with E-state index in [9.17, 15) is 18.0 Å². The number of halogens is 3. The molecule has 1 aliphatic rings. The van der Waals surface area contributed by atoms with Gasteiger partial charge in [0.25, 0.3) is 0 Å². The molecule has 0 bridgehead atoms. The first kappa shape index (κ1) is 20.9. The highest BCUT2D eigenvalue weighted by atomic mass is 19.4. The van der Waals surface area contributed by atoms with E-state index in [0.717, 1.165) is 37.8 Å². The van der Waals surface area contributed by atoms with Crippen molar-refractivity contribution in [3.8, 4) is 11.8 Å². The molecule has 1 fully saturated rings. The van der Waals surface area contributed by atoms with Crippen LogP contribution in [0.25, 0.3) is 0 Å². The van der Waals surface area contributed by atoms with Gasteiger partial charge < -0.3 is 14.8 Å². The zero-order chi connectivity index (χ0) is 20.9. The van der Waals surface area contributed by atoms with Crippen LogP contribution in [0.1, 0.15) is 36.8 Å². The second-order valence-corrected chi connectivity index (χ2v) is 6.93. The standard InChI is InChI=1S/C20H22F3N3O3/c1-28-18-11-24-12-19(26-18)29-16-7-5-15(6-8-16)25-17(27)10-13-3-2-4-14(9-13)20(21,22)23/h2-4,9,11-12,15-16H,5-8,10H2,1H3,(H,25,27). The maximum absolute atomic E-state index is 12.8. The van der Waals surface area contributed by atoms with Gasteiger partial charge in [0.1, 0.15) is 6.10 Å². The number of rotatable bonds is 6. The van der Waals surface area contributed by atoms with Gasteiger partial charge in [-0.25, -0.2) is 0 Å². The summed E-state index contributed by atoms with van der Waals surface area (Å²) in [5.74, 6) is 0.478. The van der Waals surface area contributed by atoms with Gasteiger partial charge in [0, 0.05) is 6.04 Å². The molecule has 2 aromatic rings. The molecule has 1 aliphatic carbocycles. The highest BCUT2D eigenvalue weighted by molar-refractivity contribution is 5.78. The monoisotopic (exact) mass is 409 g/mol. The van der Waals surface area contributed by atoms with Crippen molar-refractivity contribution in [2.75, 3.05) is 7.11 Å². The number of benzene rings is 1. The fraction of sp³-hybridized carbons (Fsp3) is 0.450. The van der Waals surface area contributed by atoms with Crippen molar-refractivity contribution < 1.29 is 27.4 Å². The molecule has 0 aliphatic heterocycles. The summed E-state index contributed by atoms with van der Waals surface area (Å²) in [6, 6.07) is 4.82. The van der Waals surface area contributed by atoms with E-state index in [-0.39, 0.29) is 24.5 Å². The number of nitrogens with zero attached hydrogens (tertiary/aromatic N) is 2. The van der Waals surface area contributed by atoms with E-state index in [1.54, 1.807) is 0 Å². The molecule has 156 valence electrons. The molecule has 3 rings (SSSR count). The van der Waals surface area contributed by atoms with Crippen molar-refractivity contribution in [1.82, 2.24) is 15.3 Å². The summed E-state index contributed by atoms with van der Waals surface area (Å²) in [6.07, 6.45) is 1.37. The van der Waals surface area contributed by atoms with Crippen molar-refractivity contribution in [1.29, 1.82) is 0 Å². The minimum atomic E-state index is -4.42. The predicted molar refractivity (Wildman–Crippen MR) is 98.5 cm³/mol. The average molecular weight is 409 g/mol. The number of hydrogen-bond donors (Lipinski definition) is 1. The van der Waals surface area contributed by atoms with Crippen LogP contribution in [0.5, 0.6) is 11.8 Å². The maximum Gasteiger partial charge on any atom is 0.416 e. The predicted octanol–water partition coefficient (Wildman–Crippen LogP) is 3.55. The third-order valence-corrected chi connectivity index (χ3v) is 4.75. The number of nitrogens with one attached hydrogen (secondary N) is 1. The van der Waals surface area contributed by atoms with E-state index in [0.29, 0.717) is 17.3 Å². The molecule has 0 unspecified atom stereocenters. The van der Waals surface area contributed by atoms with Gasteiger partial charge >= 0.3 is 6.18 Å². The van der Waals surface area contributed by atoms with E-state index in [4.69, 9.17) is 9.47 Å². The van der Waals surface area contributed by atoms with Crippen molar-refractivity contribution in [3.05, 3.63) is 47.8 Å². The molecule has 1 saturated carbocycles. The largest absolute Gasteiger partial charge is 0.480 e. The first-order valence-electron chi connectivity index (χ1n) is 9.31. The van der Waals surface area contributed by atoms with E-state index in [2.05, 4.69) is 15.3 Å². The quantitative estimate of drug-likeness (QED) is 0.790. The lowest BCUT2D eigenvalue weighted by Crippen LogP contribution is -2.40. The summed E-state index contributed by atoms with van der Waals surface area (Å²) < 4.78 is 49.2. The minimum Gasteiger partial charge on any atom is -0.480 e. The highest BCUT2D eigenvalue weighted by Crippen LogP contribution is 2.29. The number of amides is 1. The lowest BCUT2D eigenvalue weighted by Gasteiger charge is -2.29. The second kappa shape index (κ2) is 9.11. The fourth-order valence-corrected chi connectivity index (χ4v) is 3.30. The SMILES string of the molecule is COc1cncc(OC2CCC(NC(=O)Cc3cccc(C(F)(F)F)c3)CC2)n1. The Morgan fingerprint density at radius 1 is 1.17 bits per heavy atom. The van der Waals surface area contributed by atoms with Gasteiger partial charge in [-0.05, 0) is 37.3 Å². The van der Waals surface area contributed by atoms with Crippen LogP contribution in [0.15, 0.2) is 36.7 Å². The smallest absolute Gasteiger partial charge is 0.416 e. The van der Waals surface area contributed by atoms with Gasteiger partial charge in [-0.15, -0.1) is 0 Å². The molecule has 29 heavy (non-hydrogen) atoms. The van der Waals surface area contributed by atoms with Crippen molar-refractivity contribution in [2.45, 2.75) is 50.4 Å². The van der Waals surface area contributed by atoms with E-state index < -0.39 is 11.7 Å². The van der Waals surface area contributed by atoms with Crippen LogP contribution in [-0.2, 0) is 17.4 Å². The van der Waals surface area contributed by atoms with Crippen LogP contribution < -0.4 is 14.8 Å². The van der Waals surface area contributed by atoms with Gasteiger partial charge in [-0.2, -0.15) is 18.2 Å². The molecule has 1 aromatic heterocycles. The number of carbonyl (C=O) groups excluding carboxylic acids is 1. The molecule has 0 saturated heterocycles. The van der Waals surface area contributed by atoms with Gasteiger partial charge in [-0.3, -0.25) is 9.78 Å². The van der Waals surface area contributed by atoms with Crippen LogP contribution in [0.2, 0.25) is 0 Å². The Bertz CT molecular complexity index is 837. The Morgan fingerprint density at radius 2 is 1.90 bits per heavy atom. The first-order chi connectivity index (χ1) is 13.8. The van der Waals surface area contributed by atoms with Crippen LogP contribution in [-0.4, -0.2) is 35.1 Å². The van der Waals surface area contributed by atoms with Crippen LogP contribution >= 0.6 is 0 Å². The fourth-order valence-electron chi connectivity index (χ4n) is 3.30. The normalized spacial score (nSPS) is 19.4. The Morgan fingerprint density at radius 3 is 2.59 bits per heavy atom. The number of hydrogen-bond acceptors (Lipinski definition) is 5. The number of methoxy groups -OCH3 is 1. The van der Waals surface area contributed by atoms with Crippen molar-refractivity contribution >= 4 is 5.91 Å². The molecule has 0 spiro atoms. The van der Waals surface area contributed by atoms with E-state index >= 15 is 0 Å². The zero-order valence-electron chi connectivity index (χ0n) is 15.9. The molecule has 1 heterocycles.